The van der Waals surface area contributed by atoms with E-state index in [1.165, 1.54) is 29.5 Å². The quantitative estimate of drug-likeness (QED) is 0.349. The Hall–Kier alpha value is -2.38. The molecule has 0 fully saturated rings. The summed E-state index contributed by atoms with van der Waals surface area (Å²) in [4.78, 5) is 2.38. The maximum Gasteiger partial charge on any atom is 0.00185 e. The lowest BCUT2D eigenvalue weighted by atomic mass is 9.96. The van der Waals surface area contributed by atoms with Crippen LogP contribution in [0.1, 0.15) is 36.0 Å². The van der Waals surface area contributed by atoms with Gasteiger partial charge >= 0.3 is 0 Å². The molecule has 0 aliphatic heterocycles. The molecule has 2 aromatic carbocycles. The first-order valence-electron chi connectivity index (χ1n) is 9.42. The van der Waals surface area contributed by atoms with Gasteiger partial charge in [-0.25, -0.2) is 0 Å². The standard InChI is InChI=1S/C25H31N/c1-5-21(2)17-19-26(4)18-10-9-12-23-13-11-16-25(20-23)22(3)24-14-7-6-8-15-24/h5-8,11,13-16,20H,1-3,9-10,12,17-19H2,4H3. The molecule has 0 N–H and O–H groups in total. The van der Waals surface area contributed by atoms with E-state index in [1.54, 1.807) is 0 Å². The van der Waals surface area contributed by atoms with Gasteiger partial charge in [0, 0.05) is 6.54 Å². The zero-order chi connectivity index (χ0) is 18.8. The third-order valence-electron chi connectivity index (χ3n) is 4.76. The number of unbranched alkanes of at least 4 members (excludes halogenated alkanes) is 1. The minimum atomic E-state index is 1.00. The van der Waals surface area contributed by atoms with Crippen molar-refractivity contribution in [1.82, 2.24) is 4.90 Å². The highest BCUT2D eigenvalue weighted by atomic mass is 15.1. The molecule has 2 rings (SSSR count). The third kappa shape index (κ3) is 6.50. The summed E-state index contributed by atoms with van der Waals surface area (Å²) in [5, 5.41) is 0. The summed E-state index contributed by atoms with van der Waals surface area (Å²) in [6.45, 7) is 14.2. The SMILES string of the molecule is C=CC(=C)CCN(C)CCCCc1cccc(C(=C)c2ccccc2)c1. The molecule has 0 amide bonds. The van der Waals surface area contributed by atoms with Crippen LogP contribution in [0.3, 0.4) is 0 Å². The van der Waals surface area contributed by atoms with E-state index in [9.17, 15) is 0 Å². The molecule has 0 aliphatic rings. The molecule has 0 aromatic heterocycles. The summed E-state index contributed by atoms with van der Waals surface area (Å²) in [7, 11) is 2.18. The van der Waals surface area contributed by atoms with Crippen molar-refractivity contribution in [2.45, 2.75) is 25.7 Å². The Morgan fingerprint density at radius 3 is 2.38 bits per heavy atom. The molecule has 26 heavy (non-hydrogen) atoms. The van der Waals surface area contributed by atoms with Crippen molar-refractivity contribution >= 4 is 5.57 Å². The first kappa shape index (κ1) is 19.9. The molecule has 0 saturated carbocycles. The molecule has 1 heteroatoms. The normalized spacial score (nSPS) is 10.7. The molecular weight excluding hydrogens is 314 g/mol. The largest absolute Gasteiger partial charge is 0.306 e. The van der Waals surface area contributed by atoms with E-state index in [0.717, 1.165) is 37.1 Å². The fourth-order valence-corrected chi connectivity index (χ4v) is 2.98. The highest BCUT2D eigenvalue weighted by Crippen LogP contribution is 2.22. The molecule has 0 aliphatic carbocycles. The molecule has 0 atom stereocenters. The summed E-state index contributed by atoms with van der Waals surface area (Å²) >= 11 is 0. The van der Waals surface area contributed by atoms with Crippen LogP contribution in [0.2, 0.25) is 0 Å². The van der Waals surface area contributed by atoms with Crippen LogP contribution >= 0.6 is 0 Å². The van der Waals surface area contributed by atoms with Crippen LogP contribution in [0.4, 0.5) is 0 Å². The van der Waals surface area contributed by atoms with Gasteiger partial charge in [0.2, 0.25) is 0 Å². The monoisotopic (exact) mass is 345 g/mol. The fourth-order valence-electron chi connectivity index (χ4n) is 2.98. The number of rotatable bonds is 11. The number of hydrogen-bond donors (Lipinski definition) is 0. The fraction of sp³-hybridized carbons (Fsp3) is 0.280. The highest BCUT2D eigenvalue weighted by molar-refractivity contribution is 5.78. The van der Waals surface area contributed by atoms with Crippen molar-refractivity contribution in [1.29, 1.82) is 0 Å². The number of aryl methyl sites for hydroxylation is 1. The van der Waals surface area contributed by atoms with Crippen LogP contribution in [0.15, 0.2) is 86.0 Å². The maximum absolute atomic E-state index is 4.28. The predicted octanol–water partition coefficient (Wildman–Crippen LogP) is 6.13. The molecule has 0 radical (unpaired) electrons. The molecule has 136 valence electrons. The predicted molar refractivity (Wildman–Crippen MR) is 115 cm³/mol. The Kier molecular flexibility index (Phi) is 8.11. The summed E-state index contributed by atoms with van der Waals surface area (Å²) in [5.41, 5.74) is 6.00. The Bertz CT molecular complexity index is 727. The van der Waals surface area contributed by atoms with Gasteiger partial charge in [0.05, 0.1) is 0 Å². The van der Waals surface area contributed by atoms with E-state index in [4.69, 9.17) is 0 Å². The second-order valence-electron chi connectivity index (χ2n) is 6.92. The second-order valence-corrected chi connectivity index (χ2v) is 6.92. The summed E-state index contributed by atoms with van der Waals surface area (Å²) < 4.78 is 0. The van der Waals surface area contributed by atoms with Crippen LogP contribution in [0.5, 0.6) is 0 Å². The van der Waals surface area contributed by atoms with Gasteiger partial charge in [-0.3, -0.25) is 0 Å². The van der Waals surface area contributed by atoms with Crippen molar-refractivity contribution in [3.63, 3.8) is 0 Å². The third-order valence-corrected chi connectivity index (χ3v) is 4.76. The molecule has 0 spiro atoms. The molecular formula is C25H31N. The smallest absolute Gasteiger partial charge is 0.00185 e. The van der Waals surface area contributed by atoms with Gasteiger partial charge in [-0.2, -0.15) is 0 Å². The number of nitrogens with zero attached hydrogens (tertiary/aromatic N) is 1. The van der Waals surface area contributed by atoms with Crippen molar-refractivity contribution < 1.29 is 0 Å². The van der Waals surface area contributed by atoms with E-state index in [1.807, 2.05) is 12.1 Å². The first-order chi connectivity index (χ1) is 12.6. The van der Waals surface area contributed by atoms with Gasteiger partial charge in [-0.15, -0.1) is 0 Å². The van der Waals surface area contributed by atoms with E-state index < -0.39 is 0 Å². The van der Waals surface area contributed by atoms with Gasteiger partial charge in [0.1, 0.15) is 0 Å². The Balaban J connectivity index is 1.79. The maximum atomic E-state index is 4.28. The minimum absolute atomic E-state index is 1.00. The summed E-state index contributed by atoms with van der Waals surface area (Å²) in [6, 6.07) is 19.2. The minimum Gasteiger partial charge on any atom is -0.306 e. The van der Waals surface area contributed by atoms with Gasteiger partial charge in [-0.1, -0.05) is 86.0 Å². The van der Waals surface area contributed by atoms with E-state index in [-0.39, 0.29) is 0 Å². The Morgan fingerprint density at radius 2 is 1.65 bits per heavy atom. The van der Waals surface area contributed by atoms with Crippen LogP contribution in [-0.2, 0) is 6.42 Å². The van der Waals surface area contributed by atoms with Gasteiger partial charge < -0.3 is 4.90 Å². The van der Waals surface area contributed by atoms with E-state index in [2.05, 4.69) is 80.2 Å². The van der Waals surface area contributed by atoms with Crippen molar-refractivity contribution in [3.05, 3.63) is 103 Å². The van der Waals surface area contributed by atoms with Crippen LogP contribution < -0.4 is 0 Å². The van der Waals surface area contributed by atoms with Gasteiger partial charge in [0.25, 0.3) is 0 Å². The molecule has 0 unspecified atom stereocenters. The molecule has 0 heterocycles. The van der Waals surface area contributed by atoms with E-state index >= 15 is 0 Å². The van der Waals surface area contributed by atoms with Gasteiger partial charge in [-0.05, 0) is 61.5 Å². The zero-order valence-electron chi connectivity index (χ0n) is 16.1. The second kappa shape index (κ2) is 10.6. The number of allylic oxidation sites excluding steroid dienone is 1. The Labute approximate surface area is 159 Å². The van der Waals surface area contributed by atoms with Gasteiger partial charge in [0.15, 0.2) is 0 Å². The van der Waals surface area contributed by atoms with Crippen LogP contribution in [0, 0.1) is 0 Å². The zero-order valence-corrected chi connectivity index (χ0v) is 16.1. The highest BCUT2D eigenvalue weighted by Gasteiger charge is 2.04. The van der Waals surface area contributed by atoms with Crippen LogP contribution in [-0.4, -0.2) is 25.0 Å². The molecule has 0 saturated heterocycles. The Morgan fingerprint density at radius 1 is 0.923 bits per heavy atom. The topological polar surface area (TPSA) is 3.24 Å². The van der Waals surface area contributed by atoms with Crippen molar-refractivity contribution in [2.24, 2.45) is 0 Å². The lowest BCUT2D eigenvalue weighted by Gasteiger charge is -2.16. The van der Waals surface area contributed by atoms with Crippen molar-refractivity contribution in [2.75, 3.05) is 20.1 Å². The average Bonchev–Trinajstić information content (AvgIpc) is 2.69. The molecule has 0 bridgehead atoms. The lowest BCUT2D eigenvalue weighted by Crippen LogP contribution is -2.21. The summed E-state index contributed by atoms with van der Waals surface area (Å²) in [6.07, 6.45) is 6.38. The first-order valence-corrected chi connectivity index (χ1v) is 9.42. The lowest BCUT2D eigenvalue weighted by molar-refractivity contribution is 0.330. The average molecular weight is 346 g/mol. The van der Waals surface area contributed by atoms with Crippen LogP contribution in [0.25, 0.3) is 5.57 Å². The van der Waals surface area contributed by atoms with Crippen molar-refractivity contribution in [3.8, 4) is 0 Å². The number of benzene rings is 2. The van der Waals surface area contributed by atoms with E-state index in [0.29, 0.717) is 0 Å². The summed E-state index contributed by atoms with van der Waals surface area (Å²) in [5.74, 6) is 0. The number of hydrogen-bond acceptors (Lipinski definition) is 1. The molecule has 1 nitrogen and oxygen atoms in total. The molecule has 2 aromatic rings.